The maximum absolute atomic E-state index is 13.6. The molecule has 0 bridgehead atoms. The smallest absolute Gasteiger partial charge is 0.270 e. The van der Waals surface area contributed by atoms with Crippen molar-refractivity contribution in [2.24, 2.45) is 58.7 Å². The van der Waals surface area contributed by atoms with Gasteiger partial charge in [-0.2, -0.15) is 0 Å². The number of Topliss-reactive ketones (excluding diaryl/α,β-unsaturated/α-hetero) is 7. The minimum absolute atomic E-state index is 0.0202. The van der Waals surface area contributed by atoms with Gasteiger partial charge in [-0.15, -0.1) is 0 Å². The molecule has 0 unspecified atom stereocenters. The quantitative estimate of drug-likeness (QED) is 0.0427. The zero-order valence-electron chi connectivity index (χ0n) is 92.6. The third-order valence-corrected chi connectivity index (χ3v) is 19.9. The first-order valence-corrected chi connectivity index (χ1v) is 48.5. The Balaban J connectivity index is 0. The lowest BCUT2D eigenvalue weighted by Crippen LogP contribution is -2.43. The van der Waals surface area contributed by atoms with Gasteiger partial charge in [-0.3, -0.25) is 53.1 Å². The lowest BCUT2D eigenvalue weighted by Gasteiger charge is -2.33. The van der Waals surface area contributed by atoms with Crippen molar-refractivity contribution in [2.45, 2.75) is 403 Å². The molecule has 5 aromatic rings. The van der Waals surface area contributed by atoms with Gasteiger partial charge in [0.25, 0.3) is 5.92 Å². The van der Waals surface area contributed by atoms with Gasteiger partial charge in [-0.05, 0) is 169 Å². The zero-order valence-corrected chi connectivity index (χ0v) is 92.6. The minimum atomic E-state index is -3.03. The van der Waals surface area contributed by atoms with Crippen LogP contribution >= 0.6 is 0 Å². The van der Waals surface area contributed by atoms with Gasteiger partial charge in [0.2, 0.25) is 11.8 Å². The van der Waals surface area contributed by atoms with Crippen LogP contribution in [0.5, 0.6) is 5.75 Å². The number of aryl methyl sites for hydroxylation is 2. The number of ether oxygens (including phenoxy) is 1. The fourth-order valence-electron chi connectivity index (χ4n) is 14.3. The number of ketones is 7. The Kier molecular flexibility index (Phi) is 54.6. The molecule has 16 nitrogen and oxygen atoms in total. The van der Waals surface area contributed by atoms with Crippen molar-refractivity contribution in [1.82, 2.24) is 15.0 Å². The molecule has 0 N–H and O–H groups in total. The Hall–Kier alpha value is -8.94. The average molecular weight is 1900 g/mol. The summed E-state index contributed by atoms with van der Waals surface area (Å²) in [6.07, 6.45) is 10.5. The molecule has 2 aliphatic rings. The summed E-state index contributed by atoms with van der Waals surface area (Å²) in [5, 5.41) is 3.96. The van der Waals surface area contributed by atoms with E-state index in [0.29, 0.717) is 138 Å². The second kappa shape index (κ2) is 57.6. The largest absolute Gasteiger partial charge is 0.496 e. The number of hydrogen-bond acceptors (Lipinski definition) is 14. The Morgan fingerprint density at radius 3 is 1.18 bits per heavy atom. The average Bonchev–Trinajstić information content (AvgIpc) is 1.81. The number of carbonyl (C=O) groups is 9. The first kappa shape index (κ1) is 129. The molecule has 0 spiro atoms. The first-order valence-electron chi connectivity index (χ1n) is 48.5. The monoisotopic (exact) mass is 1900 g/mol. The number of carbonyl (C=O) groups excluding carboxylic acids is 9. The third-order valence-electron chi connectivity index (χ3n) is 19.9. The molecule has 0 aliphatic carbocycles. The van der Waals surface area contributed by atoms with Crippen LogP contribution in [0.15, 0.2) is 134 Å². The molecule has 0 saturated carbocycles. The number of alkyl halides is 2. The van der Waals surface area contributed by atoms with Gasteiger partial charge in [0.15, 0.2) is 0 Å². The number of aliphatic imine (C=N–C) groups is 2. The summed E-state index contributed by atoms with van der Waals surface area (Å²) in [5.41, 5.74) is 10.5. The number of rotatable bonds is 28. The summed E-state index contributed by atoms with van der Waals surface area (Å²) in [6.45, 7) is 80.5. The molecular formula is C116H183F4N5O11. The molecule has 0 radical (unpaired) electrons. The van der Waals surface area contributed by atoms with E-state index in [1.54, 1.807) is 44.3 Å². The van der Waals surface area contributed by atoms with E-state index in [-0.39, 0.29) is 112 Å². The highest BCUT2D eigenvalue weighted by atomic mass is 19.3. The first-order chi connectivity index (χ1) is 61.4. The minimum Gasteiger partial charge on any atom is -0.496 e. The van der Waals surface area contributed by atoms with E-state index in [4.69, 9.17) is 9.26 Å². The molecule has 2 aliphatic heterocycles. The van der Waals surface area contributed by atoms with E-state index in [1.807, 2.05) is 109 Å². The number of aromatic nitrogens is 1. The SMILES string of the molecule is CC(C)(C)CC(=O)CCc1ccccc1F.CC(C)(C)CC(=O)Cc1cc(C(C)(C)C)on1.CC(C)(C)CC(=O)Cc1cc(C(C)(F)F)ccc1F.CC(C)N(C(=O)CC(C)(C)C)C(C)C.CC1=CC(CC(=O)CC(C)(C)C)=NC1.CC1=NCC(C)=C1CC(=O)CC(C)(C)C.CN(C)C(=O)CC(C)(C)C.COc1ccccc1CC(=O)CC(C)(C)C.Cc1cccc(CC(=O)CC(C)(C)C)c1. The number of para-hydroxylation sites is 1. The molecule has 2 amide bonds. The standard InChI is InChI=1S/C15H19F3O.C14H19FO.C14H23NO2.C14H20O2.C14H20O.C13H21NO.C12H19NO.C12H25NO.C8H17NO/c1-14(2,3)9-12(19)8-10-7-11(15(4,17)18)5-6-13(10)16;1-14(2,3)10-12(16)9-8-11-6-4-5-7-13(11)15;1-13(2,3)9-11(16)7-10-8-12(17-15-10)14(4,5)6;1-14(2,3)10-12(15)9-11-7-5-6-8-13(11)16-4;1-11-6-5-7-12(8-11)9-13(15)10-14(2,3)4;1-9-8-14-10(2)12(9)6-11(15)7-13(3,4)5;1-9-5-10(13-8-9)6-11(14)7-12(2,3)4;1-9(2)13(10(3)4)11(14)8-12(5,6)7;1-8(2,3)6-7(10)9(4)5/h5-7H,8-9H2,1-4H3;4-7H,8-10H2,1-3H3;8H,7,9H2,1-6H3;5-8H,9-10H2,1-4H3;5-8H,9-10H2,1-4H3;6-8H2,1-5H3;5H,6-8H2,1-4H3;9-10H,8H2,1-7H3;6H2,1-5H3. The summed E-state index contributed by atoms with van der Waals surface area (Å²) < 4.78 is 63.6. The van der Waals surface area contributed by atoms with Crippen LogP contribution in [0, 0.1) is 67.3 Å². The third kappa shape index (κ3) is 65.8. The van der Waals surface area contributed by atoms with Gasteiger partial charge in [-0.1, -0.05) is 291 Å². The van der Waals surface area contributed by atoms with Crippen molar-refractivity contribution in [3.8, 4) is 5.75 Å². The Morgan fingerprint density at radius 2 is 0.809 bits per heavy atom. The molecule has 1 aromatic heterocycles. The number of hydrogen-bond donors (Lipinski definition) is 0. The van der Waals surface area contributed by atoms with Gasteiger partial charge < -0.3 is 19.1 Å². The van der Waals surface area contributed by atoms with Crippen LogP contribution in [0.3, 0.4) is 0 Å². The summed E-state index contributed by atoms with van der Waals surface area (Å²) in [6, 6.07) is 28.1. The summed E-state index contributed by atoms with van der Waals surface area (Å²) in [4.78, 5) is 117. The maximum Gasteiger partial charge on any atom is 0.270 e. The topological polar surface area (TPSA) is 220 Å². The molecule has 7 rings (SSSR count). The van der Waals surface area contributed by atoms with E-state index in [1.165, 1.54) is 28.3 Å². The normalized spacial score (nSPS) is 13.0. The van der Waals surface area contributed by atoms with Crippen molar-refractivity contribution < 1.29 is 70.0 Å². The fourth-order valence-corrected chi connectivity index (χ4v) is 14.3. The predicted octanol–water partition coefficient (Wildman–Crippen LogP) is 29.1. The van der Waals surface area contributed by atoms with Crippen molar-refractivity contribution in [2.75, 3.05) is 34.3 Å². The van der Waals surface area contributed by atoms with Crippen LogP contribution in [0.25, 0.3) is 0 Å². The van der Waals surface area contributed by atoms with Crippen LogP contribution in [-0.4, -0.2) is 125 Å². The Morgan fingerprint density at radius 1 is 0.412 bits per heavy atom. The fraction of sp³-hybridized carbons (Fsp3) is 0.638. The molecule has 20 heteroatoms. The predicted molar refractivity (Wildman–Crippen MR) is 558 cm³/mol. The van der Waals surface area contributed by atoms with Gasteiger partial charge >= 0.3 is 0 Å². The van der Waals surface area contributed by atoms with E-state index in [9.17, 15) is 60.7 Å². The van der Waals surface area contributed by atoms with Crippen LogP contribution in [-0.2, 0) is 86.6 Å². The molecule has 3 heterocycles. The highest BCUT2D eigenvalue weighted by molar-refractivity contribution is 6.09. The van der Waals surface area contributed by atoms with Crippen LogP contribution in [0.2, 0.25) is 0 Å². The summed E-state index contributed by atoms with van der Waals surface area (Å²) in [7, 11) is 5.20. The number of benzene rings is 4. The molecule has 4 aromatic carbocycles. The van der Waals surface area contributed by atoms with E-state index < -0.39 is 11.7 Å². The van der Waals surface area contributed by atoms with Crippen LogP contribution < -0.4 is 4.74 Å². The van der Waals surface area contributed by atoms with Gasteiger partial charge in [0.1, 0.15) is 63.6 Å². The van der Waals surface area contributed by atoms with Crippen LogP contribution in [0.1, 0.15) is 385 Å². The Labute approximate surface area is 821 Å². The van der Waals surface area contributed by atoms with E-state index >= 15 is 0 Å². The lowest BCUT2D eigenvalue weighted by molar-refractivity contribution is -0.137. The Bertz CT molecular complexity index is 4710. The molecule has 136 heavy (non-hydrogen) atoms. The summed E-state index contributed by atoms with van der Waals surface area (Å²) >= 11 is 0. The maximum atomic E-state index is 13.6. The van der Waals surface area contributed by atoms with Gasteiger partial charge in [0.05, 0.1) is 32.3 Å². The van der Waals surface area contributed by atoms with Crippen LogP contribution in [0.4, 0.5) is 17.6 Å². The lowest BCUT2D eigenvalue weighted by atomic mass is 9.87. The second-order valence-electron chi connectivity index (χ2n) is 49.7. The van der Waals surface area contributed by atoms with E-state index in [0.717, 1.165) is 78.0 Å². The van der Waals surface area contributed by atoms with Crippen molar-refractivity contribution in [3.63, 3.8) is 0 Å². The van der Waals surface area contributed by atoms with Crippen molar-refractivity contribution >= 4 is 63.7 Å². The van der Waals surface area contributed by atoms with Gasteiger partial charge in [-0.25, -0.2) is 17.6 Å². The summed E-state index contributed by atoms with van der Waals surface area (Å²) in [5.74, 6) is -0.294. The molecular weight excluding hydrogens is 1720 g/mol. The van der Waals surface area contributed by atoms with Crippen molar-refractivity contribution in [1.29, 1.82) is 0 Å². The van der Waals surface area contributed by atoms with Crippen molar-refractivity contribution in [3.05, 3.63) is 176 Å². The number of allylic oxidation sites excluding steroid dienone is 2. The highest BCUT2D eigenvalue weighted by Crippen LogP contribution is 2.33. The highest BCUT2D eigenvalue weighted by Gasteiger charge is 2.30. The molecule has 766 valence electrons. The second-order valence-corrected chi connectivity index (χ2v) is 49.7. The van der Waals surface area contributed by atoms with Gasteiger partial charge in [0, 0.05) is 163 Å². The molecule has 0 fully saturated rings. The number of amides is 2. The molecule has 0 atom stereocenters. The van der Waals surface area contributed by atoms with E-state index in [2.05, 4.69) is 235 Å². The molecule has 0 saturated heterocycles. The number of methoxy groups -OCH3 is 1. The number of nitrogens with zero attached hydrogens (tertiary/aromatic N) is 5. The zero-order chi connectivity index (χ0) is 106. The number of halogens is 4.